The SMILES string of the molecule is c1cc(-c2ccc(N(c3cccc(-c4ccc5c(c4)oc4ccccc45)c3)c3cccc(-c4cccc5ccccc45)c3)cc2)cc(-c2cccc(-n3c4ccccc4c4ccccc43)c2)c1. The van der Waals surface area contributed by atoms with Crippen molar-refractivity contribution < 1.29 is 4.42 Å². The van der Waals surface area contributed by atoms with Crippen LogP contribution in [0.25, 0.3) is 105 Å². The van der Waals surface area contributed by atoms with E-state index in [0.29, 0.717) is 0 Å². The average molecular weight is 855 g/mol. The zero-order valence-electron chi connectivity index (χ0n) is 36.6. The van der Waals surface area contributed by atoms with E-state index in [9.17, 15) is 0 Å². The van der Waals surface area contributed by atoms with Gasteiger partial charge in [0, 0.05) is 44.3 Å². The van der Waals surface area contributed by atoms with Crippen LogP contribution in [0.2, 0.25) is 0 Å². The van der Waals surface area contributed by atoms with Gasteiger partial charge in [-0.1, -0.05) is 170 Å². The fourth-order valence-electron chi connectivity index (χ4n) is 10.2. The number of furan rings is 1. The van der Waals surface area contributed by atoms with Crippen molar-refractivity contribution in [3.8, 4) is 50.2 Å². The van der Waals surface area contributed by atoms with Crippen LogP contribution in [0.3, 0.4) is 0 Å². The van der Waals surface area contributed by atoms with Crippen molar-refractivity contribution in [2.75, 3.05) is 4.90 Å². The van der Waals surface area contributed by atoms with Crippen LogP contribution in [0, 0.1) is 0 Å². The molecule has 0 spiro atoms. The van der Waals surface area contributed by atoms with Gasteiger partial charge in [-0.25, -0.2) is 0 Å². The molecule has 2 aromatic heterocycles. The molecule has 0 atom stereocenters. The topological polar surface area (TPSA) is 21.3 Å². The van der Waals surface area contributed by atoms with Gasteiger partial charge in [0.15, 0.2) is 0 Å². The Morgan fingerprint density at radius 1 is 0.284 bits per heavy atom. The second kappa shape index (κ2) is 16.0. The quantitative estimate of drug-likeness (QED) is 0.152. The molecule has 0 radical (unpaired) electrons. The number of benzene rings is 11. The van der Waals surface area contributed by atoms with Crippen LogP contribution in [-0.4, -0.2) is 4.57 Å². The molecule has 0 fully saturated rings. The molecule has 13 rings (SSSR count). The van der Waals surface area contributed by atoms with Crippen molar-refractivity contribution in [1.82, 2.24) is 4.57 Å². The van der Waals surface area contributed by atoms with Crippen LogP contribution in [0.1, 0.15) is 0 Å². The van der Waals surface area contributed by atoms with Crippen molar-refractivity contribution in [3.63, 3.8) is 0 Å². The number of hydrogen-bond donors (Lipinski definition) is 0. The van der Waals surface area contributed by atoms with Crippen LogP contribution in [-0.2, 0) is 0 Å². The van der Waals surface area contributed by atoms with E-state index in [1.54, 1.807) is 0 Å². The second-order valence-corrected chi connectivity index (χ2v) is 17.3. The van der Waals surface area contributed by atoms with E-state index in [-0.39, 0.29) is 0 Å². The number of hydrogen-bond acceptors (Lipinski definition) is 2. The zero-order chi connectivity index (χ0) is 44.3. The molecule has 3 nitrogen and oxygen atoms in total. The van der Waals surface area contributed by atoms with Crippen LogP contribution < -0.4 is 4.90 Å². The Balaban J connectivity index is 0.883. The van der Waals surface area contributed by atoms with Crippen molar-refractivity contribution >= 4 is 71.6 Å². The highest BCUT2D eigenvalue weighted by atomic mass is 16.3. The summed E-state index contributed by atoms with van der Waals surface area (Å²) in [5.74, 6) is 0. The molecular formula is C64H42N2O. The number of nitrogens with zero attached hydrogens (tertiary/aromatic N) is 2. The molecule has 2 heterocycles. The van der Waals surface area contributed by atoms with Gasteiger partial charge < -0.3 is 13.9 Å². The summed E-state index contributed by atoms with van der Waals surface area (Å²) in [4.78, 5) is 2.37. The first kappa shape index (κ1) is 38.5. The molecule has 314 valence electrons. The minimum absolute atomic E-state index is 0.888. The molecule has 3 heteroatoms. The predicted octanol–water partition coefficient (Wildman–Crippen LogP) is 18.0. The van der Waals surface area contributed by atoms with E-state index >= 15 is 0 Å². The number of anilines is 3. The first-order chi connectivity index (χ1) is 33.2. The van der Waals surface area contributed by atoms with E-state index in [2.05, 4.69) is 252 Å². The Bertz CT molecular complexity index is 3950. The maximum absolute atomic E-state index is 6.33. The zero-order valence-corrected chi connectivity index (χ0v) is 36.6. The summed E-state index contributed by atoms with van der Waals surface area (Å²) >= 11 is 0. The van der Waals surface area contributed by atoms with Crippen LogP contribution in [0.4, 0.5) is 17.1 Å². The van der Waals surface area contributed by atoms with Crippen molar-refractivity contribution in [1.29, 1.82) is 0 Å². The van der Waals surface area contributed by atoms with Gasteiger partial charge in [-0.2, -0.15) is 0 Å². The largest absolute Gasteiger partial charge is 0.456 e. The van der Waals surface area contributed by atoms with Gasteiger partial charge in [-0.3, -0.25) is 0 Å². The van der Waals surface area contributed by atoms with Gasteiger partial charge >= 0.3 is 0 Å². The highest BCUT2D eigenvalue weighted by Gasteiger charge is 2.18. The Kier molecular flexibility index (Phi) is 9.17. The summed E-state index contributed by atoms with van der Waals surface area (Å²) < 4.78 is 8.72. The predicted molar refractivity (Wildman–Crippen MR) is 282 cm³/mol. The summed E-state index contributed by atoms with van der Waals surface area (Å²) in [6.45, 7) is 0. The van der Waals surface area contributed by atoms with Crippen molar-refractivity contribution in [3.05, 3.63) is 255 Å². The molecule has 0 amide bonds. The third-order valence-corrected chi connectivity index (χ3v) is 13.4. The fourth-order valence-corrected chi connectivity index (χ4v) is 10.2. The van der Waals surface area contributed by atoms with E-state index < -0.39 is 0 Å². The van der Waals surface area contributed by atoms with Gasteiger partial charge in [0.25, 0.3) is 0 Å². The highest BCUT2D eigenvalue weighted by Crippen LogP contribution is 2.41. The molecule has 0 bridgehead atoms. The number of rotatable bonds is 8. The molecule has 0 unspecified atom stereocenters. The molecule has 13 aromatic rings. The second-order valence-electron chi connectivity index (χ2n) is 17.3. The minimum Gasteiger partial charge on any atom is -0.456 e. The van der Waals surface area contributed by atoms with E-state index in [0.717, 1.165) is 61.4 Å². The number of para-hydroxylation sites is 3. The van der Waals surface area contributed by atoms with Crippen LogP contribution in [0.15, 0.2) is 259 Å². The molecule has 0 aliphatic carbocycles. The average Bonchev–Trinajstić information content (AvgIpc) is 3.95. The van der Waals surface area contributed by atoms with Crippen LogP contribution >= 0.6 is 0 Å². The standard InChI is InChI=1S/C64H42N2O/c1-2-24-55-44(14-1)15-13-28-56(55)50-20-12-22-53(41-50)65(52-21-10-19-48(39-52)49-34-37-60-59-27-5-8-31-63(59)67-64(60)42-49)51-35-32-43(33-36-51)45-16-9-17-46(38-45)47-18-11-23-54(40-47)66-61-29-6-3-25-57(61)58-26-4-7-30-62(58)66/h1-42H. The monoisotopic (exact) mass is 854 g/mol. The first-order valence-corrected chi connectivity index (χ1v) is 22.9. The third kappa shape index (κ3) is 6.76. The van der Waals surface area contributed by atoms with E-state index in [1.807, 2.05) is 12.1 Å². The van der Waals surface area contributed by atoms with Gasteiger partial charge in [0.2, 0.25) is 0 Å². The Morgan fingerprint density at radius 3 is 1.55 bits per heavy atom. The number of fused-ring (bicyclic) bond motifs is 7. The summed E-state index contributed by atoms with van der Waals surface area (Å²) in [6.07, 6.45) is 0. The third-order valence-electron chi connectivity index (χ3n) is 13.4. The molecule has 67 heavy (non-hydrogen) atoms. The number of aromatic nitrogens is 1. The molecule has 0 aliphatic rings. The Hall–Kier alpha value is -8.92. The summed E-state index contributed by atoms with van der Waals surface area (Å²) in [5.41, 5.74) is 17.8. The highest BCUT2D eigenvalue weighted by molar-refractivity contribution is 6.09. The van der Waals surface area contributed by atoms with Crippen LogP contribution in [0.5, 0.6) is 0 Å². The lowest BCUT2D eigenvalue weighted by atomic mass is 9.97. The molecule has 0 saturated heterocycles. The van der Waals surface area contributed by atoms with Gasteiger partial charge in [-0.15, -0.1) is 0 Å². The van der Waals surface area contributed by atoms with E-state index in [1.165, 1.54) is 60.4 Å². The maximum Gasteiger partial charge on any atom is 0.136 e. The molecule has 11 aromatic carbocycles. The molecule has 0 aliphatic heterocycles. The lowest BCUT2D eigenvalue weighted by Gasteiger charge is -2.27. The minimum atomic E-state index is 0.888. The molecule has 0 N–H and O–H groups in total. The van der Waals surface area contributed by atoms with Gasteiger partial charge in [0.05, 0.1) is 11.0 Å². The van der Waals surface area contributed by atoms with Crippen molar-refractivity contribution in [2.24, 2.45) is 0 Å². The van der Waals surface area contributed by atoms with Gasteiger partial charge in [-0.05, 0) is 140 Å². The lowest BCUT2D eigenvalue weighted by Crippen LogP contribution is -2.10. The van der Waals surface area contributed by atoms with Crippen molar-refractivity contribution in [2.45, 2.75) is 0 Å². The molecular weight excluding hydrogens is 813 g/mol. The maximum atomic E-state index is 6.33. The summed E-state index contributed by atoms with van der Waals surface area (Å²) in [7, 11) is 0. The molecule has 0 saturated carbocycles. The summed E-state index contributed by atoms with van der Waals surface area (Å²) in [5, 5.41) is 7.25. The normalized spacial score (nSPS) is 11.6. The lowest BCUT2D eigenvalue weighted by molar-refractivity contribution is 0.669. The van der Waals surface area contributed by atoms with E-state index in [4.69, 9.17) is 4.42 Å². The van der Waals surface area contributed by atoms with Gasteiger partial charge in [0.1, 0.15) is 11.2 Å². The Labute approximate surface area is 388 Å². The first-order valence-electron chi connectivity index (χ1n) is 22.9. The Morgan fingerprint density at radius 2 is 0.791 bits per heavy atom. The fraction of sp³-hybridized carbons (Fsp3) is 0. The smallest absolute Gasteiger partial charge is 0.136 e. The summed E-state index contributed by atoms with van der Waals surface area (Å²) in [6, 6.07) is 92.0.